The summed E-state index contributed by atoms with van der Waals surface area (Å²) < 4.78 is 0. The number of aliphatic carboxylic acids is 2. The fourth-order valence-corrected chi connectivity index (χ4v) is 1.99. The summed E-state index contributed by atoms with van der Waals surface area (Å²) in [4.78, 5) is 21.7. The van der Waals surface area contributed by atoms with Gasteiger partial charge in [-0.2, -0.15) is 0 Å². The second-order valence-electron chi connectivity index (χ2n) is 5.77. The summed E-state index contributed by atoms with van der Waals surface area (Å²) in [6.07, 6.45) is -0.334. The molecule has 0 atom stereocenters. The molecule has 1 aromatic rings. The van der Waals surface area contributed by atoms with Crippen molar-refractivity contribution in [2.24, 2.45) is 0 Å². The average molecular weight is 264 g/mol. The van der Waals surface area contributed by atoms with Crippen molar-refractivity contribution in [3.63, 3.8) is 0 Å². The highest BCUT2D eigenvalue weighted by molar-refractivity contribution is 5.72. The molecule has 1 rings (SSSR count). The number of carboxylic acid groups (broad SMARTS) is 2. The van der Waals surface area contributed by atoms with Gasteiger partial charge in [0.2, 0.25) is 0 Å². The van der Waals surface area contributed by atoms with E-state index < -0.39 is 17.9 Å². The smallest absolute Gasteiger partial charge is 0.303 e. The summed E-state index contributed by atoms with van der Waals surface area (Å²) in [5, 5.41) is 17.8. The van der Waals surface area contributed by atoms with Gasteiger partial charge in [0.25, 0.3) is 0 Å². The van der Waals surface area contributed by atoms with Crippen LogP contribution in [0.5, 0.6) is 0 Å². The van der Waals surface area contributed by atoms with E-state index in [1.54, 1.807) is 6.07 Å². The van der Waals surface area contributed by atoms with Gasteiger partial charge in [-0.25, -0.2) is 0 Å². The van der Waals surface area contributed by atoms with Crippen molar-refractivity contribution in [1.29, 1.82) is 0 Å². The predicted molar refractivity (Wildman–Crippen MR) is 72.4 cm³/mol. The molecule has 2 N–H and O–H groups in total. The fraction of sp³-hybridized carbons (Fsp3) is 0.467. The van der Waals surface area contributed by atoms with E-state index in [0.29, 0.717) is 0 Å². The van der Waals surface area contributed by atoms with Crippen LogP contribution in [0.1, 0.15) is 50.7 Å². The molecule has 0 heterocycles. The van der Waals surface area contributed by atoms with Gasteiger partial charge >= 0.3 is 11.9 Å². The van der Waals surface area contributed by atoms with Gasteiger partial charge < -0.3 is 10.2 Å². The van der Waals surface area contributed by atoms with E-state index in [1.165, 1.54) is 0 Å². The Bertz CT molecular complexity index is 455. The van der Waals surface area contributed by atoms with E-state index >= 15 is 0 Å². The van der Waals surface area contributed by atoms with E-state index in [2.05, 4.69) is 20.8 Å². The van der Waals surface area contributed by atoms with Crippen molar-refractivity contribution in [1.82, 2.24) is 0 Å². The summed E-state index contributed by atoms with van der Waals surface area (Å²) in [6.45, 7) is 6.19. The summed E-state index contributed by atoms with van der Waals surface area (Å²) in [7, 11) is 0. The molecule has 0 aliphatic heterocycles. The van der Waals surface area contributed by atoms with Crippen LogP contribution >= 0.6 is 0 Å². The zero-order valence-electron chi connectivity index (χ0n) is 11.5. The lowest BCUT2D eigenvalue weighted by atomic mass is 9.83. The van der Waals surface area contributed by atoms with E-state index in [9.17, 15) is 9.59 Å². The van der Waals surface area contributed by atoms with Crippen LogP contribution in [0, 0.1) is 0 Å². The quantitative estimate of drug-likeness (QED) is 0.857. The van der Waals surface area contributed by atoms with Crippen molar-refractivity contribution in [3.05, 3.63) is 35.4 Å². The molecule has 0 saturated carbocycles. The number of carboxylic acids is 2. The normalized spacial score (nSPS) is 11.6. The van der Waals surface area contributed by atoms with Gasteiger partial charge in [0.15, 0.2) is 0 Å². The molecule has 4 nitrogen and oxygen atoms in total. The molecule has 0 aliphatic rings. The van der Waals surface area contributed by atoms with E-state index in [0.717, 1.165) is 11.1 Å². The molecular formula is C15H20O4. The summed E-state index contributed by atoms with van der Waals surface area (Å²) in [5.41, 5.74) is 1.80. The highest BCUT2D eigenvalue weighted by Crippen LogP contribution is 2.29. The third kappa shape index (κ3) is 4.73. The Hall–Kier alpha value is -1.84. The number of carbonyl (C=O) groups is 2. The van der Waals surface area contributed by atoms with Crippen LogP contribution in [0.2, 0.25) is 0 Å². The summed E-state index contributed by atoms with van der Waals surface area (Å²) in [6, 6.07) is 7.54. The third-order valence-corrected chi connectivity index (χ3v) is 3.07. The maximum atomic E-state index is 10.9. The Balaban J connectivity index is 3.08. The Morgan fingerprint density at radius 2 is 1.63 bits per heavy atom. The minimum atomic E-state index is -0.979. The first-order valence-corrected chi connectivity index (χ1v) is 6.24. The number of hydrogen-bond acceptors (Lipinski definition) is 2. The second kappa shape index (κ2) is 5.87. The van der Waals surface area contributed by atoms with Crippen LogP contribution in [-0.2, 0) is 15.0 Å². The van der Waals surface area contributed by atoms with Crippen LogP contribution in [-0.4, -0.2) is 22.2 Å². The van der Waals surface area contributed by atoms with Gasteiger partial charge in [-0.15, -0.1) is 0 Å². The lowest BCUT2D eigenvalue weighted by molar-refractivity contribution is -0.139. The van der Waals surface area contributed by atoms with Crippen molar-refractivity contribution in [3.8, 4) is 0 Å². The second-order valence-corrected chi connectivity index (χ2v) is 5.77. The van der Waals surface area contributed by atoms with Crippen molar-refractivity contribution in [2.75, 3.05) is 0 Å². The molecule has 0 aromatic heterocycles. The van der Waals surface area contributed by atoms with Crippen LogP contribution in [0.15, 0.2) is 24.3 Å². The van der Waals surface area contributed by atoms with Gasteiger partial charge in [-0.05, 0) is 16.5 Å². The Morgan fingerprint density at radius 1 is 1.11 bits per heavy atom. The molecule has 4 heteroatoms. The van der Waals surface area contributed by atoms with Gasteiger partial charge in [-0.3, -0.25) is 9.59 Å². The molecule has 0 unspecified atom stereocenters. The molecule has 0 radical (unpaired) electrons. The monoisotopic (exact) mass is 264 g/mol. The molecule has 0 aliphatic carbocycles. The molecule has 1 aromatic carbocycles. The lowest BCUT2D eigenvalue weighted by Gasteiger charge is -2.21. The van der Waals surface area contributed by atoms with Crippen molar-refractivity contribution < 1.29 is 19.8 Å². The predicted octanol–water partition coefficient (Wildman–Crippen LogP) is 3.02. The van der Waals surface area contributed by atoms with E-state index in [4.69, 9.17) is 10.2 Å². The first-order chi connectivity index (χ1) is 8.70. The highest BCUT2D eigenvalue weighted by Gasteiger charge is 2.21. The first kappa shape index (κ1) is 15.2. The molecule has 0 spiro atoms. The van der Waals surface area contributed by atoms with Gasteiger partial charge in [-0.1, -0.05) is 45.0 Å². The van der Waals surface area contributed by atoms with Gasteiger partial charge in [0.1, 0.15) is 0 Å². The largest absolute Gasteiger partial charge is 0.481 e. The zero-order valence-corrected chi connectivity index (χ0v) is 11.5. The number of benzene rings is 1. The zero-order chi connectivity index (χ0) is 14.6. The average Bonchev–Trinajstić information content (AvgIpc) is 2.26. The highest BCUT2D eigenvalue weighted by atomic mass is 16.4. The standard InChI is InChI=1S/C15H20O4/c1-15(2,3)12-6-4-5-10(7-12)11(8-13(16)17)9-14(18)19/h4-7,11H,8-9H2,1-3H3,(H,16,17)(H,18,19). The Morgan fingerprint density at radius 3 is 2.05 bits per heavy atom. The molecule has 0 saturated heterocycles. The topological polar surface area (TPSA) is 74.6 Å². The minimum absolute atomic E-state index is 0.0486. The maximum Gasteiger partial charge on any atom is 0.303 e. The van der Waals surface area contributed by atoms with Gasteiger partial charge in [0.05, 0.1) is 12.8 Å². The van der Waals surface area contributed by atoms with Gasteiger partial charge in [0, 0.05) is 5.92 Å². The molecule has 0 bridgehead atoms. The van der Waals surface area contributed by atoms with Crippen LogP contribution in [0.25, 0.3) is 0 Å². The third-order valence-electron chi connectivity index (χ3n) is 3.07. The molecule has 0 fully saturated rings. The van der Waals surface area contributed by atoms with Crippen molar-refractivity contribution >= 4 is 11.9 Å². The lowest BCUT2D eigenvalue weighted by Crippen LogP contribution is -2.14. The molecular weight excluding hydrogens is 244 g/mol. The number of hydrogen-bond donors (Lipinski definition) is 2. The van der Waals surface area contributed by atoms with Crippen LogP contribution < -0.4 is 0 Å². The first-order valence-electron chi connectivity index (χ1n) is 6.24. The van der Waals surface area contributed by atoms with E-state index in [-0.39, 0.29) is 18.3 Å². The number of rotatable bonds is 5. The van der Waals surface area contributed by atoms with E-state index in [1.807, 2.05) is 18.2 Å². The van der Waals surface area contributed by atoms with Crippen LogP contribution in [0.3, 0.4) is 0 Å². The molecule has 104 valence electrons. The van der Waals surface area contributed by atoms with Crippen LogP contribution in [0.4, 0.5) is 0 Å². The summed E-state index contributed by atoms with van der Waals surface area (Å²) in [5.74, 6) is -2.45. The summed E-state index contributed by atoms with van der Waals surface area (Å²) >= 11 is 0. The Labute approximate surface area is 113 Å². The fourth-order valence-electron chi connectivity index (χ4n) is 1.99. The SMILES string of the molecule is CC(C)(C)c1cccc(C(CC(=O)O)CC(=O)O)c1. The Kier molecular flexibility index (Phi) is 4.70. The minimum Gasteiger partial charge on any atom is -0.481 e. The van der Waals surface area contributed by atoms with Crippen molar-refractivity contribution in [2.45, 2.75) is 44.9 Å². The molecule has 19 heavy (non-hydrogen) atoms. The maximum absolute atomic E-state index is 10.9. The molecule has 0 amide bonds.